The number of carbonyl (C=O) groups excluding carboxylic acids is 2. The molecule has 0 saturated heterocycles. The molecule has 1 aliphatic heterocycles. The Morgan fingerprint density at radius 2 is 1.90 bits per heavy atom. The molecule has 0 saturated carbocycles. The summed E-state index contributed by atoms with van der Waals surface area (Å²) in [5.74, 6) is -1.22. The maximum absolute atomic E-state index is 13.2. The molecule has 1 aromatic heterocycles. The Morgan fingerprint density at radius 1 is 1.17 bits per heavy atom. The summed E-state index contributed by atoms with van der Waals surface area (Å²) in [7, 11) is 1.21. The molecular weight excluding hydrogens is 386 g/mol. The summed E-state index contributed by atoms with van der Waals surface area (Å²) >= 11 is 0. The zero-order valence-corrected chi connectivity index (χ0v) is 17.6. The largest absolute Gasteiger partial charge is 0.482 e. The van der Waals surface area contributed by atoms with Gasteiger partial charge in [-0.25, -0.2) is 4.79 Å². The van der Waals surface area contributed by atoms with Crippen LogP contribution in [0.4, 0.5) is 0 Å². The number of ether oxygens (including phenoxy) is 2. The van der Waals surface area contributed by atoms with E-state index in [-0.39, 0.29) is 36.2 Å². The average Bonchev–Trinajstić information content (AvgIpc) is 2.76. The van der Waals surface area contributed by atoms with Crippen molar-refractivity contribution in [3.63, 3.8) is 0 Å². The van der Waals surface area contributed by atoms with Crippen LogP contribution >= 0.6 is 0 Å². The number of nitrogens with one attached hydrogen (secondary N) is 1. The summed E-state index contributed by atoms with van der Waals surface area (Å²) in [5.41, 5.74) is 3.58. The van der Waals surface area contributed by atoms with E-state index in [0.717, 1.165) is 24.8 Å². The highest BCUT2D eigenvalue weighted by Gasteiger charge is 2.34. The SMILES string of the molecule is CCCCCN1CNn2c(C)c(C(=O)OC)c(=O)c(OCc3ccccc3)c2C1=O. The summed E-state index contributed by atoms with van der Waals surface area (Å²) < 4.78 is 12.1. The van der Waals surface area contributed by atoms with Crippen molar-refractivity contribution in [1.82, 2.24) is 9.58 Å². The van der Waals surface area contributed by atoms with Crippen molar-refractivity contribution in [3.05, 3.63) is 63.1 Å². The number of esters is 1. The summed E-state index contributed by atoms with van der Waals surface area (Å²) in [6.45, 7) is 4.64. The molecule has 1 aliphatic rings. The van der Waals surface area contributed by atoms with E-state index in [1.807, 2.05) is 30.3 Å². The predicted octanol–water partition coefficient (Wildman–Crippen LogP) is 2.67. The number of pyridine rings is 1. The number of benzene rings is 1. The topological polar surface area (TPSA) is 89.9 Å². The van der Waals surface area contributed by atoms with E-state index in [4.69, 9.17) is 9.47 Å². The van der Waals surface area contributed by atoms with Crippen LogP contribution in [0.25, 0.3) is 0 Å². The van der Waals surface area contributed by atoms with Crippen molar-refractivity contribution in [2.24, 2.45) is 0 Å². The van der Waals surface area contributed by atoms with Crippen LogP contribution < -0.4 is 15.6 Å². The van der Waals surface area contributed by atoms with Gasteiger partial charge in [0.25, 0.3) is 5.91 Å². The van der Waals surface area contributed by atoms with Crippen LogP contribution in [0.3, 0.4) is 0 Å². The second kappa shape index (κ2) is 9.47. The number of methoxy groups -OCH3 is 1. The highest BCUT2D eigenvalue weighted by molar-refractivity contribution is 5.98. The number of carbonyl (C=O) groups is 2. The van der Waals surface area contributed by atoms with E-state index >= 15 is 0 Å². The van der Waals surface area contributed by atoms with Gasteiger partial charge in [0.15, 0.2) is 11.4 Å². The molecule has 1 aromatic carbocycles. The number of aromatic nitrogens is 1. The second-order valence-electron chi connectivity index (χ2n) is 7.16. The Balaban J connectivity index is 2.05. The van der Waals surface area contributed by atoms with Gasteiger partial charge in [-0.15, -0.1) is 0 Å². The van der Waals surface area contributed by atoms with E-state index in [0.29, 0.717) is 12.2 Å². The highest BCUT2D eigenvalue weighted by atomic mass is 16.5. The molecule has 0 bridgehead atoms. The third-order valence-corrected chi connectivity index (χ3v) is 5.13. The van der Waals surface area contributed by atoms with Crippen LogP contribution in [0.2, 0.25) is 0 Å². The minimum Gasteiger partial charge on any atom is -0.482 e. The fraction of sp³-hybridized carbons (Fsp3) is 0.409. The molecule has 0 spiro atoms. The minimum absolute atomic E-state index is 0.0931. The molecule has 8 nitrogen and oxygen atoms in total. The third kappa shape index (κ3) is 4.17. The van der Waals surface area contributed by atoms with Crippen LogP contribution in [-0.4, -0.2) is 41.8 Å². The number of hydrogen-bond acceptors (Lipinski definition) is 6. The standard InChI is InChI=1S/C22H27N3O5/c1-4-5-9-12-24-14-23-25-15(2)17(22(28)29-3)19(26)20(18(25)21(24)27)30-13-16-10-7-6-8-11-16/h6-8,10-11,23H,4-5,9,12-14H2,1-3H3. The first-order chi connectivity index (χ1) is 14.5. The summed E-state index contributed by atoms with van der Waals surface area (Å²) in [6.07, 6.45) is 2.92. The van der Waals surface area contributed by atoms with Gasteiger partial charge in [-0.05, 0) is 18.9 Å². The molecule has 30 heavy (non-hydrogen) atoms. The van der Waals surface area contributed by atoms with E-state index in [1.54, 1.807) is 11.8 Å². The van der Waals surface area contributed by atoms with Crippen molar-refractivity contribution in [2.75, 3.05) is 25.7 Å². The molecule has 0 aliphatic carbocycles. The minimum atomic E-state index is -0.767. The Hall–Kier alpha value is -3.29. The quantitative estimate of drug-likeness (QED) is 0.529. The maximum atomic E-state index is 13.2. The number of hydrogen-bond donors (Lipinski definition) is 1. The van der Waals surface area contributed by atoms with Crippen molar-refractivity contribution < 1.29 is 19.1 Å². The summed E-state index contributed by atoms with van der Waals surface area (Å²) in [4.78, 5) is 40.3. The number of fused-ring (bicyclic) bond motifs is 1. The van der Waals surface area contributed by atoms with Gasteiger partial charge < -0.3 is 19.8 Å². The summed E-state index contributed by atoms with van der Waals surface area (Å²) in [5, 5.41) is 0. The summed E-state index contributed by atoms with van der Waals surface area (Å²) in [6, 6.07) is 9.31. The van der Waals surface area contributed by atoms with Gasteiger partial charge >= 0.3 is 5.97 Å². The van der Waals surface area contributed by atoms with E-state index < -0.39 is 11.4 Å². The average molecular weight is 413 g/mol. The Bertz CT molecular complexity index is 985. The molecule has 0 fully saturated rings. The van der Waals surface area contributed by atoms with Crippen molar-refractivity contribution in [2.45, 2.75) is 39.7 Å². The van der Waals surface area contributed by atoms with Gasteiger partial charge in [0.1, 0.15) is 18.8 Å². The van der Waals surface area contributed by atoms with Crippen LogP contribution in [0, 0.1) is 6.92 Å². The molecule has 2 aromatic rings. The Kier molecular flexibility index (Phi) is 6.76. The lowest BCUT2D eigenvalue weighted by atomic mass is 10.1. The molecule has 3 rings (SSSR count). The van der Waals surface area contributed by atoms with Gasteiger partial charge in [-0.1, -0.05) is 50.1 Å². The Morgan fingerprint density at radius 3 is 2.57 bits per heavy atom. The van der Waals surface area contributed by atoms with E-state index in [2.05, 4.69) is 12.3 Å². The number of amides is 1. The molecule has 0 atom stereocenters. The van der Waals surface area contributed by atoms with Crippen LogP contribution in [-0.2, 0) is 11.3 Å². The number of nitrogens with zero attached hydrogens (tertiary/aromatic N) is 2. The second-order valence-corrected chi connectivity index (χ2v) is 7.16. The van der Waals surface area contributed by atoms with E-state index in [1.165, 1.54) is 11.8 Å². The first kappa shape index (κ1) is 21.4. The van der Waals surface area contributed by atoms with Crippen LogP contribution in [0.5, 0.6) is 5.75 Å². The van der Waals surface area contributed by atoms with Crippen molar-refractivity contribution in [3.8, 4) is 5.75 Å². The molecular formula is C22H27N3O5. The zero-order valence-electron chi connectivity index (χ0n) is 17.6. The lowest BCUT2D eigenvalue weighted by Crippen LogP contribution is -2.48. The fourth-order valence-corrected chi connectivity index (χ4v) is 3.47. The molecule has 8 heteroatoms. The smallest absolute Gasteiger partial charge is 0.343 e. The molecule has 2 heterocycles. The van der Waals surface area contributed by atoms with Crippen LogP contribution in [0.15, 0.2) is 35.1 Å². The normalized spacial score (nSPS) is 12.9. The van der Waals surface area contributed by atoms with Crippen molar-refractivity contribution in [1.29, 1.82) is 0 Å². The first-order valence-corrected chi connectivity index (χ1v) is 10.1. The van der Waals surface area contributed by atoms with Gasteiger partial charge in [0.05, 0.1) is 12.8 Å². The maximum Gasteiger partial charge on any atom is 0.343 e. The molecule has 0 unspecified atom stereocenters. The molecule has 1 amide bonds. The highest BCUT2D eigenvalue weighted by Crippen LogP contribution is 2.24. The number of rotatable bonds is 8. The lowest BCUT2D eigenvalue weighted by Gasteiger charge is -2.33. The van der Waals surface area contributed by atoms with E-state index in [9.17, 15) is 14.4 Å². The predicted molar refractivity (Wildman–Crippen MR) is 112 cm³/mol. The monoisotopic (exact) mass is 413 g/mol. The van der Waals surface area contributed by atoms with Crippen molar-refractivity contribution >= 4 is 11.9 Å². The lowest BCUT2D eigenvalue weighted by molar-refractivity contribution is 0.0592. The Labute approximate surface area is 175 Å². The van der Waals surface area contributed by atoms with Crippen LogP contribution in [0.1, 0.15) is 58.3 Å². The molecule has 1 N–H and O–H groups in total. The van der Waals surface area contributed by atoms with Gasteiger partial charge in [0, 0.05) is 6.54 Å². The first-order valence-electron chi connectivity index (χ1n) is 10.1. The number of unbranched alkanes of at least 4 members (excludes halogenated alkanes) is 2. The third-order valence-electron chi connectivity index (χ3n) is 5.13. The van der Waals surface area contributed by atoms with Gasteiger partial charge in [-0.3, -0.25) is 14.3 Å². The molecule has 160 valence electrons. The fourth-order valence-electron chi connectivity index (χ4n) is 3.47. The molecule has 0 radical (unpaired) electrons. The zero-order chi connectivity index (χ0) is 21.7. The van der Waals surface area contributed by atoms with Gasteiger partial charge in [0.2, 0.25) is 5.43 Å². The van der Waals surface area contributed by atoms with Gasteiger partial charge in [-0.2, -0.15) is 0 Å².